The number of aromatic nitrogens is 1. The van der Waals surface area contributed by atoms with E-state index in [1.165, 1.54) is 12.3 Å². The molecule has 0 aliphatic carbocycles. The minimum absolute atomic E-state index is 0.0198. The highest BCUT2D eigenvalue weighted by molar-refractivity contribution is 5.94. The van der Waals surface area contributed by atoms with Crippen molar-refractivity contribution in [3.8, 4) is 23.3 Å². The number of aromatic hydroxyl groups is 1. The minimum atomic E-state index is -0.250. The molecule has 1 amide bonds. The first kappa shape index (κ1) is 30.1. The van der Waals surface area contributed by atoms with Gasteiger partial charge in [-0.25, -0.2) is 4.98 Å². The predicted molar refractivity (Wildman–Crippen MR) is 136 cm³/mol. The molecule has 1 aliphatic rings. The minimum Gasteiger partial charge on any atom is -0.506 e. The van der Waals surface area contributed by atoms with E-state index in [0.717, 1.165) is 39.1 Å². The van der Waals surface area contributed by atoms with Crippen LogP contribution in [0.5, 0.6) is 11.5 Å². The number of carbonyl (C=O) groups excluding carboxylic acids is 2. The Labute approximate surface area is 211 Å². The topological polar surface area (TPSA) is 132 Å². The molecule has 0 unspecified atom stereocenters. The van der Waals surface area contributed by atoms with Crippen molar-refractivity contribution in [2.75, 3.05) is 53.4 Å². The molecule has 1 aromatic heterocycles. The molecule has 2 aromatic rings. The van der Waals surface area contributed by atoms with Gasteiger partial charge in [0, 0.05) is 37.0 Å². The molecular formula is C26H34N4O6. The Hall–Kier alpha value is -3.94. The van der Waals surface area contributed by atoms with Gasteiger partial charge in [-0.2, -0.15) is 0 Å². The van der Waals surface area contributed by atoms with Crippen LogP contribution in [0.25, 0.3) is 0 Å². The second kappa shape index (κ2) is 17.5. The van der Waals surface area contributed by atoms with Crippen molar-refractivity contribution in [3.05, 3.63) is 53.3 Å². The van der Waals surface area contributed by atoms with E-state index in [1.807, 2.05) is 11.9 Å². The van der Waals surface area contributed by atoms with Gasteiger partial charge < -0.3 is 30.1 Å². The number of benzene rings is 1. The molecule has 1 fully saturated rings. The van der Waals surface area contributed by atoms with Crippen LogP contribution in [0.15, 0.2) is 36.5 Å². The molecule has 2 heterocycles. The second-order valence-corrected chi connectivity index (χ2v) is 7.62. The zero-order valence-electron chi connectivity index (χ0n) is 20.9. The van der Waals surface area contributed by atoms with E-state index >= 15 is 0 Å². The molecular weight excluding hydrogens is 464 g/mol. The number of carboxylic acid groups (broad SMARTS) is 1. The van der Waals surface area contributed by atoms with E-state index in [0.29, 0.717) is 23.2 Å². The summed E-state index contributed by atoms with van der Waals surface area (Å²) in [5.74, 6) is 6.08. The van der Waals surface area contributed by atoms with Crippen LogP contribution in [0.1, 0.15) is 39.8 Å². The molecule has 194 valence electrons. The highest BCUT2D eigenvalue weighted by atomic mass is 16.5. The Bertz CT molecular complexity index is 1020. The molecule has 0 spiro atoms. The predicted octanol–water partition coefficient (Wildman–Crippen LogP) is 1.73. The van der Waals surface area contributed by atoms with E-state index in [4.69, 9.17) is 14.6 Å². The number of ether oxygens (including phenoxy) is 1. The summed E-state index contributed by atoms with van der Waals surface area (Å²) in [6, 6.07) is 8.42. The van der Waals surface area contributed by atoms with Gasteiger partial charge in [0.15, 0.2) is 6.29 Å². The lowest BCUT2D eigenvalue weighted by atomic mass is 10.2. The summed E-state index contributed by atoms with van der Waals surface area (Å²) in [5.41, 5.74) is 1.11. The van der Waals surface area contributed by atoms with Crippen LogP contribution >= 0.6 is 0 Å². The Balaban J connectivity index is 0.000000825. The van der Waals surface area contributed by atoms with Crippen molar-refractivity contribution in [2.45, 2.75) is 13.3 Å². The first-order chi connectivity index (χ1) is 17.4. The number of hydrogen-bond donors (Lipinski definition) is 3. The van der Waals surface area contributed by atoms with Crippen LogP contribution in [0.2, 0.25) is 0 Å². The van der Waals surface area contributed by atoms with Crippen molar-refractivity contribution in [1.82, 2.24) is 20.1 Å². The number of rotatable bonds is 5. The van der Waals surface area contributed by atoms with E-state index in [-0.39, 0.29) is 30.4 Å². The number of aldehydes is 1. The lowest BCUT2D eigenvalue weighted by molar-refractivity contribution is -0.122. The molecule has 3 N–H and O–H groups in total. The smallest absolute Gasteiger partial charge is 0.290 e. The summed E-state index contributed by atoms with van der Waals surface area (Å²) in [7, 11) is 4.00. The van der Waals surface area contributed by atoms with Crippen LogP contribution in [0.3, 0.4) is 0 Å². The third-order valence-corrected chi connectivity index (χ3v) is 5.01. The SMILES string of the molecule is CCNC.CN1CCCN(C(=O)c2ccc(OCC#Cc3cnc(C=O)c(O)c3)cc2)CC1.O=CO. The second-order valence-electron chi connectivity index (χ2n) is 7.62. The van der Waals surface area contributed by atoms with Crippen molar-refractivity contribution in [1.29, 1.82) is 0 Å². The van der Waals surface area contributed by atoms with Crippen LogP contribution < -0.4 is 10.1 Å². The molecule has 0 bridgehead atoms. The Morgan fingerprint density at radius 3 is 2.44 bits per heavy atom. The summed E-state index contributed by atoms with van der Waals surface area (Å²) >= 11 is 0. The Kier molecular flexibility index (Phi) is 14.6. The van der Waals surface area contributed by atoms with Crippen LogP contribution in [0, 0.1) is 11.8 Å². The van der Waals surface area contributed by atoms with E-state index < -0.39 is 0 Å². The standard InChI is InChI=1S/C22H23N3O4.C3H9N.CH2O2/c1-24-9-3-10-25(12-11-24)22(28)18-5-7-19(8-6-18)29-13-2-4-17-14-21(27)20(16-26)23-15-17;1-3-4-2;2-1-3/h5-8,14-16,27H,3,9-13H2,1H3;4H,3H2,1-2H3;1H,(H,2,3). The molecule has 3 rings (SSSR count). The van der Waals surface area contributed by atoms with Crippen LogP contribution in [-0.4, -0.2) is 97.1 Å². The first-order valence-corrected chi connectivity index (χ1v) is 11.5. The fourth-order valence-electron chi connectivity index (χ4n) is 3.01. The number of amides is 1. The van der Waals surface area contributed by atoms with Gasteiger partial charge in [0.05, 0.1) is 0 Å². The number of nitrogens with one attached hydrogen (secondary N) is 1. The number of hydrogen-bond acceptors (Lipinski definition) is 8. The average Bonchev–Trinajstić information content (AvgIpc) is 3.11. The van der Waals surface area contributed by atoms with Gasteiger partial charge in [-0.3, -0.25) is 14.4 Å². The largest absolute Gasteiger partial charge is 0.506 e. The lowest BCUT2D eigenvalue weighted by Gasteiger charge is -2.20. The molecule has 1 aromatic carbocycles. The molecule has 10 nitrogen and oxygen atoms in total. The zero-order chi connectivity index (χ0) is 26.8. The summed E-state index contributed by atoms with van der Waals surface area (Å²) in [5, 5.41) is 19.4. The summed E-state index contributed by atoms with van der Waals surface area (Å²) in [6.45, 7) is 6.43. The summed E-state index contributed by atoms with van der Waals surface area (Å²) < 4.78 is 5.57. The molecule has 0 saturated carbocycles. The normalized spacial score (nSPS) is 12.8. The third-order valence-electron chi connectivity index (χ3n) is 5.01. The van der Waals surface area contributed by atoms with Gasteiger partial charge in [0.25, 0.3) is 12.4 Å². The van der Waals surface area contributed by atoms with Crippen molar-refractivity contribution in [3.63, 3.8) is 0 Å². The Morgan fingerprint density at radius 1 is 1.19 bits per heavy atom. The zero-order valence-corrected chi connectivity index (χ0v) is 20.9. The highest BCUT2D eigenvalue weighted by Crippen LogP contribution is 2.15. The average molecular weight is 499 g/mol. The third kappa shape index (κ3) is 11.0. The first-order valence-electron chi connectivity index (χ1n) is 11.5. The molecule has 0 atom stereocenters. The van der Waals surface area contributed by atoms with Crippen LogP contribution in [-0.2, 0) is 4.79 Å². The van der Waals surface area contributed by atoms with Crippen molar-refractivity contribution in [2.24, 2.45) is 0 Å². The molecule has 1 saturated heterocycles. The van der Waals surface area contributed by atoms with E-state index in [1.54, 1.807) is 24.3 Å². The van der Waals surface area contributed by atoms with Crippen LogP contribution in [0.4, 0.5) is 0 Å². The molecule has 1 aliphatic heterocycles. The molecule has 0 radical (unpaired) electrons. The van der Waals surface area contributed by atoms with Crippen molar-refractivity contribution >= 4 is 18.7 Å². The summed E-state index contributed by atoms with van der Waals surface area (Å²) in [6.07, 6.45) is 2.88. The van der Waals surface area contributed by atoms with Gasteiger partial charge in [-0.15, -0.1) is 0 Å². The maximum absolute atomic E-state index is 12.7. The highest BCUT2D eigenvalue weighted by Gasteiger charge is 2.18. The molecule has 10 heteroatoms. The number of nitrogens with zero attached hydrogens (tertiary/aromatic N) is 3. The van der Waals surface area contributed by atoms with Gasteiger partial charge in [-0.1, -0.05) is 18.8 Å². The monoisotopic (exact) mass is 498 g/mol. The molecule has 36 heavy (non-hydrogen) atoms. The lowest BCUT2D eigenvalue weighted by Crippen LogP contribution is -2.34. The fourth-order valence-corrected chi connectivity index (χ4v) is 3.01. The number of carbonyl (C=O) groups is 3. The summed E-state index contributed by atoms with van der Waals surface area (Å²) in [4.78, 5) is 39.6. The van der Waals surface area contributed by atoms with Gasteiger partial charge in [0.1, 0.15) is 23.8 Å². The van der Waals surface area contributed by atoms with Crippen molar-refractivity contribution < 1.29 is 29.3 Å². The quantitative estimate of drug-likeness (QED) is 0.416. The maximum Gasteiger partial charge on any atom is 0.290 e. The van der Waals surface area contributed by atoms with E-state index in [2.05, 4.69) is 41.0 Å². The number of likely N-dealkylation sites (N-methyl/N-ethyl adjacent to an activating group) is 1. The van der Waals surface area contributed by atoms with Gasteiger partial charge in [-0.05, 0) is 63.9 Å². The van der Waals surface area contributed by atoms with Gasteiger partial charge in [0.2, 0.25) is 0 Å². The fraction of sp³-hybridized carbons (Fsp3) is 0.385. The van der Waals surface area contributed by atoms with Gasteiger partial charge >= 0.3 is 0 Å². The number of pyridine rings is 1. The maximum atomic E-state index is 12.7. The Morgan fingerprint density at radius 2 is 1.86 bits per heavy atom. The van der Waals surface area contributed by atoms with E-state index in [9.17, 15) is 14.7 Å².